The van der Waals surface area contributed by atoms with Crippen molar-refractivity contribution in [3.05, 3.63) is 194 Å². The van der Waals surface area contributed by atoms with Crippen LogP contribution in [0.15, 0.2) is 194 Å². The molecule has 0 unspecified atom stereocenters. The number of hydrogen-bond donors (Lipinski definition) is 0. The molecule has 11 rings (SSSR count). The zero-order valence-corrected chi connectivity index (χ0v) is 30.1. The summed E-state index contributed by atoms with van der Waals surface area (Å²) in [5, 5.41) is 6.19. The van der Waals surface area contributed by atoms with Crippen molar-refractivity contribution in [3.63, 3.8) is 0 Å². The minimum Gasteiger partial charge on any atom is -0.291 e. The van der Waals surface area contributed by atoms with E-state index in [2.05, 4.69) is 199 Å². The SMILES string of the molecule is c1ccc(-c2nc3c4ccccc4c4cc(-c5cccc(-c6cccc(-c7cccc8c7sc7ccccc78)c6)c5)ccc4n3c2-c2ccccc2)cc1. The molecule has 0 N–H and O–H groups in total. The molecular formula is C51H32N2S. The van der Waals surface area contributed by atoms with Crippen LogP contribution >= 0.6 is 11.3 Å². The van der Waals surface area contributed by atoms with Gasteiger partial charge in [0.2, 0.25) is 0 Å². The Balaban J connectivity index is 1.07. The van der Waals surface area contributed by atoms with Gasteiger partial charge in [0.25, 0.3) is 0 Å². The minimum absolute atomic E-state index is 0.969. The van der Waals surface area contributed by atoms with Crippen LogP contribution in [0.1, 0.15) is 0 Å². The highest BCUT2D eigenvalue weighted by Crippen LogP contribution is 2.42. The number of hydrogen-bond acceptors (Lipinski definition) is 2. The Hall–Kier alpha value is -6.81. The van der Waals surface area contributed by atoms with Crippen molar-refractivity contribution in [2.24, 2.45) is 0 Å². The lowest BCUT2D eigenvalue weighted by Crippen LogP contribution is -1.95. The van der Waals surface area contributed by atoms with Crippen molar-refractivity contribution < 1.29 is 0 Å². The van der Waals surface area contributed by atoms with Gasteiger partial charge in [-0.05, 0) is 69.1 Å². The van der Waals surface area contributed by atoms with Gasteiger partial charge in [0.15, 0.2) is 0 Å². The summed E-state index contributed by atoms with van der Waals surface area (Å²) in [5.74, 6) is 0. The van der Waals surface area contributed by atoms with Crippen LogP contribution in [0.4, 0.5) is 0 Å². The Kier molecular flexibility index (Phi) is 7.07. The van der Waals surface area contributed by atoms with Crippen molar-refractivity contribution in [1.82, 2.24) is 9.38 Å². The highest BCUT2D eigenvalue weighted by molar-refractivity contribution is 7.26. The lowest BCUT2D eigenvalue weighted by molar-refractivity contribution is 1.27. The molecule has 3 aromatic heterocycles. The fourth-order valence-electron chi connectivity index (χ4n) is 8.25. The molecule has 2 nitrogen and oxygen atoms in total. The first-order valence-electron chi connectivity index (χ1n) is 18.4. The van der Waals surface area contributed by atoms with E-state index in [4.69, 9.17) is 4.98 Å². The molecule has 0 atom stereocenters. The molecule has 0 radical (unpaired) electrons. The van der Waals surface area contributed by atoms with E-state index in [0.29, 0.717) is 0 Å². The van der Waals surface area contributed by atoms with Crippen LogP contribution in [0.5, 0.6) is 0 Å². The Bertz CT molecular complexity index is 3210. The van der Waals surface area contributed by atoms with Crippen LogP contribution in [-0.4, -0.2) is 9.38 Å². The number of rotatable bonds is 5. The Labute approximate surface area is 316 Å². The molecule has 0 aliphatic heterocycles. The first-order chi connectivity index (χ1) is 26.8. The summed E-state index contributed by atoms with van der Waals surface area (Å²) >= 11 is 1.88. The molecule has 0 aliphatic carbocycles. The van der Waals surface area contributed by atoms with Gasteiger partial charge in [-0.2, -0.15) is 0 Å². The highest BCUT2D eigenvalue weighted by atomic mass is 32.1. The first kappa shape index (κ1) is 30.8. The van der Waals surface area contributed by atoms with E-state index in [1.165, 1.54) is 64.3 Å². The Morgan fingerprint density at radius 1 is 0.370 bits per heavy atom. The molecule has 0 saturated heterocycles. The normalized spacial score (nSPS) is 11.7. The Morgan fingerprint density at radius 3 is 1.69 bits per heavy atom. The number of aromatic nitrogens is 2. The van der Waals surface area contributed by atoms with Crippen LogP contribution in [0.2, 0.25) is 0 Å². The molecule has 0 bridgehead atoms. The monoisotopic (exact) mass is 704 g/mol. The van der Waals surface area contributed by atoms with Gasteiger partial charge < -0.3 is 0 Å². The number of imidazole rings is 1. The summed E-state index contributed by atoms with van der Waals surface area (Å²) in [6.07, 6.45) is 0. The number of fused-ring (bicyclic) bond motifs is 9. The Morgan fingerprint density at radius 2 is 0.926 bits per heavy atom. The summed E-state index contributed by atoms with van der Waals surface area (Å²) in [7, 11) is 0. The van der Waals surface area contributed by atoms with Gasteiger partial charge >= 0.3 is 0 Å². The number of nitrogens with zero attached hydrogens (tertiary/aromatic N) is 2. The van der Waals surface area contributed by atoms with Gasteiger partial charge in [-0.15, -0.1) is 11.3 Å². The molecule has 11 aromatic rings. The molecule has 3 heterocycles. The molecule has 0 spiro atoms. The van der Waals surface area contributed by atoms with Gasteiger partial charge in [-0.25, -0.2) is 4.98 Å². The van der Waals surface area contributed by atoms with Crippen molar-refractivity contribution in [3.8, 4) is 55.9 Å². The van der Waals surface area contributed by atoms with E-state index in [-0.39, 0.29) is 0 Å². The van der Waals surface area contributed by atoms with Crippen LogP contribution in [0, 0.1) is 0 Å². The van der Waals surface area contributed by atoms with E-state index in [1.807, 2.05) is 11.3 Å². The lowest BCUT2D eigenvalue weighted by Gasteiger charge is -2.14. The fourth-order valence-corrected chi connectivity index (χ4v) is 9.49. The van der Waals surface area contributed by atoms with Crippen molar-refractivity contribution >= 4 is 58.8 Å². The number of thiophene rings is 1. The van der Waals surface area contributed by atoms with Crippen LogP contribution in [0.25, 0.3) is 103 Å². The van der Waals surface area contributed by atoms with Crippen molar-refractivity contribution in [2.45, 2.75) is 0 Å². The molecule has 0 fully saturated rings. The minimum atomic E-state index is 0.969. The maximum atomic E-state index is 5.38. The van der Waals surface area contributed by atoms with Gasteiger partial charge in [0.1, 0.15) is 5.65 Å². The van der Waals surface area contributed by atoms with E-state index in [1.54, 1.807) is 0 Å². The number of pyridine rings is 1. The predicted molar refractivity (Wildman–Crippen MR) is 230 cm³/mol. The van der Waals surface area contributed by atoms with Crippen molar-refractivity contribution in [1.29, 1.82) is 0 Å². The molecule has 0 amide bonds. The topological polar surface area (TPSA) is 17.3 Å². The summed E-state index contributed by atoms with van der Waals surface area (Å²) in [6.45, 7) is 0. The van der Waals surface area contributed by atoms with Crippen LogP contribution in [0.3, 0.4) is 0 Å². The predicted octanol–water partition coefficient (Wildman–Crippen LogP) is 14.3. The lowest BCUT2D eigenvalue weighted by atomic mass is 9.94. The zero-order valence-electron chi connectivity index (χ0n) is 29.3. The van der Waals surface area contributed by atoms with E-state index in [0.717, 1.165) is 39.1 Å². The molecule has 54 heavy (non-hydrogen) atoms. The third-order valence-corrected chi connectivity index (χ3v) is 12.0. The maximum absolute atomic E-state index is 5.38. The number of benzene rings is 8. The van der Waals surface area contributed by atoms with Gasteiger partial charge in [0.05, 0.1) is 16.9 Å². The maximum Gasteiger partial charge on any atom is 0.146 e. The summed E-state index contributed by atoms with van der Waals surface area (Å²) in [5.41, 5.74) is 13.8. The second kappa shape index (κ2) is 12.4. The standard InChI is InChI=1S/C51H32N2S/c1-3-14-33(15-4-1)48-49(34-16-5-2-6-17-34)53-46-29-28-38(32-45(46)41-22-7-8-24-44(41)51(53)52-48)36-19-11-18-35(30-36)37-20-12-21-39(31-37)40-25-13-26-43-42-23-9-10-27-47(42)54-50(40)43/h1-32H. The van der Waals surface area contributed by atoms with E-state index in [9.17, 15) is 0 Å². The third kappa shape index (κ3) is 4.90. The summed E-state index contributed by atoms with van der Waals surface area (Å²) in [4.78, 5) is 5.38. The van der Waals surface area contributed by atoms with Crippen LogP contribution < -0.4 is 0 Å². The highest BCUT2D eigenvalue weighted by Gasteiger charge is 2.21. The second-order valence-electron chi connectivity index (χ2n) is 13.9. The van der Waals surface area contributed by atoms with Crippen LogP contribution in [-0.2, 0) is 0 Å². The largest absolute Gasteiger partial charge is 0.291 e. The summed E-state index contributed by atoms with van der Waals surface area (Å²) < 4.78 is 5.04. The van der Waals surface area contributed by atoms with Gasteiger partial charge in [-0.1, -0.05) is 164 Å². The van der Waals surface area contributed by atoms with Gasteiger partial charge in [0, 0.05) is 42.1 Å². The second-order valence-corrected chi connectivity index (χ2v) is 15.0. The summed E-state index contributed by atoms with van der Waals surface area (Å²) in [6, 6.07) is 70.3. The first-order valence-corrected chi connectivity index (χ1v) is 19.2. The van der Waals surface area contributed by atoms with E-state index < -0.39 is 0 Å². The third-order valence-electron chi connectivity index (χ3n) is 10.8. The molecular weight excluding hydrogens is 673 g/mol. The molecule has 0 aliphatic rings. The fraction of sp³-hybridized carbons (Fsp3) is 0. The average Bonchev–Trinajstić information content (AvgIpc) is 3.84. The molecule has 252 valence electrons. The molecule has 8 aromatic carbocycles. The van der Waals surface area contributed by atoms with Gasteiger partial charge in [-0.3, -0.25) is 4.40 Å². The zero-order chi connectivity index (χ0) is 35.6. The van der Waals surface area contributed by atoms with E-state index >= 15 is 0 Å². The quantitative estimate of drug-likeness (QED) is 0.163. The molecule has 3 heteroatoms. The molecule has 0 saturated carbocycles. The smallest absolute Gasteiger partial charge is 0.146 e. The average molecular weight is 705 g/mol. The van der Waals surface area contributed by atoms with Crippen molar-refractivity contribution in [2.75, 3.05) is 0 Å².